The van der Waals surface area contributed by atoms with Gasteiger partial charge in [0.05, 0.1) is 11.2 Å². The van der Waals surface area contributed by atoms with Gasteiger partial charge in [-0.05, 0) is 64.2 Å². The molecule has 1 amide bonds. The third-order valence-corrected chi connectivity index (χ3v) is 6.29. The van der Waals surface area contributed by atoms with Crippen LogP contribution in [-0.4, -0.2) is 42.2 Å². The Bertz CT molecular complexity index is 816. The minimum atomic E-state index is -1.27. The highest BCUT2D eigenvalue weighted by Crippen LogP contribution is 2.43. The van der Waals surface area contributed by atoms with Gasteiger partial charge in [-0.25, -0.2) is 13.2 Å². The predicted octanol–water partition coefficient (Wildman–Crippen LogP) is 4.54. The first-order chi connectivity index (χ1) is 13.4. The fraction of sp³-hybridized carbons (Fsp3) is 0.571. The fourth-order valence-electron chi connectivity index (χ4n) is 3.81. The van der Waals surface area contributed by atoms with Crippen molar-refractivity contribution in [3.05, 3.63) is 41.1 Å². The zero-order valence-electron chi connectivity index (χ0n) is 17.5. The van der Waals surface area contributed by atoms with Gasteiger partial charge in [0, 0.05) is 31.6 Å². The summed E-state index contributed by atoms with van der Waals surface area (Å²) in [5.74, 6) is -1.95. The molecule has 1 aromatic rings. The average molecular weight is 409 g/mol. The molecule has 0 unspecified atom stereocenters. The first kappa shape index (κ1) is 21.9. The molecule has 0 radical (unpaired) electrons. The maximum atomic E-state index is 15.8. The number of amides is 1. The van der Waals surface area contributed by atoms with Gasteiger partial charge in [-0.15, -0.1) is 0 Å². The molecule has 4 nitrogen and oxygen atoms in total. The van der Waals surface area contributed by atoms with Crippen molar-refractivity contribution in [2.75, 3.05) is 13.1 Å². The summed E-state index contributed by atoms with van der Waals surface area (Å²) in [4.78, 5) is 13.3. The Labute approximate surface area is 170 Å². The quantitative estimate of drug-likeness (QED) is 0.689. The maximum absolute atomic E-state index is 15.8. The summed E-state index contributed by atoms with van der Waals surface area (Å²) >= 11 is 0. The highest BCUT2D eigenvalue weighted by molar-refractivity contribution is 6.55. The van der Waals surface area contributed by atoms with E-state index >= 15 is 4.39 Å². The summed E-state index contributed by atoms with van der Waals surface area (Å²) in [6, 6.07) is 3.11. The van der Waals surface area contributed by atoms with E-state index in [1.54, 1.807) is 4.90 Å². The highest BCUT2D eigenvalue weighted by Gasteiger charge is 2.54. The van der Waals surface area contributed by atoms with Crippen LogP contribution in [0.4, 0.5) is 13.2 Å². The summed E-state index contributed by atoms with van der Waals surface area (Å²) in [6.07, 6.45) is 0.942. The van der Waals surface area contributed by atoms with E-state index in [0.29, 0.717) is 25.9 Å². The molecule has 2 aliphatic heterocycles. The summed E-state index contributed by atoms with van der Waals surface area (Å²) in [5, 5.41) is 0. The molecule has 158 valence electrons. The SMILES string of the molecule is CC(=O)N1CCC(C(=C(F)B2OC(C)(C)C(C)(C)O2)c2ccc(F)cc2F)CC1. The molecule has 2 fully saturated rings. The monoisotopic (exact) mass is 409 g/mol. The predicted molar refractivity (Wildman–Crippen MR) is 105 cm³/mol. The molecule has 29 heavy (non-hydrogen) atoms. The van der Waals surface area contributed by atoms with Crippen molar-refractivity contribution < 1.29 is 27.3 Å². The van der Waals surface area contributed by atoms with E-state index in [1.807, 2.05) is 27.7 Å². The van der Waals surface area contributed by atoms with Crippen LogP contribution in [0.2, 0.25) is 0 Å². The van der Waals surface area contributed by atoms with Crippen molar-refractivity contribution in [3.63, 3.8) is 0 Å². The van der Waals surface area contributed by atoms with E-state index in [9.17, 15) is 13.6 Å². The van der Waals surface area contributed by atoms with Crippen molar-refractivity contribution in [2.45, 2.75) is 58.7 Å². The number of hydrogen-bond acceptors (Lipinski definition) is 3. The lowest BCUT2D eigenvalue weighted by Crippen LogP contribution is -2.41. The average Bonchev–Trinajstić information content (AvgIpc) is 2.85. The molecule has 0 atom stereocenters. The Morgan fingerprint density at radius 3 is 2.14 bits per heavy atom. The lowest BCUT2D eigenvalue weighted by Gasteiger charge is -2.33. The third-order valence-electron chi connectivity index (χ3n) is 6.29. The Hall–Kier alpha value is -1.80. The minimum absolute atomic E-state index is 0.000104. The van der Waals surface area contributed by atoms with Crippen LogP contribution in [-0.2, 0) is 14.1 Å². The molecule has 2 saturated heterocycles. The molecule has 0 spiro atoms. The van der Waals surface area contributed by atoms with E-state index < -0.39 is 35.7 Å². The zero-order valence-corrected chi connectivity index (χ0v) is 17.5. The molecule has 2 aliphatic rings. The van der Waals surface area contributed by atoms with Gasteiger partial charge >= 0.3 is 7.12 Å². The van der Waals surface area contributed by atoms with E-state index in [4.69, 9.17) is 9.31 Å². The Balaban J connectivity index is 2.01. The van der Waals surface area contributed by atoms with Crippen LogP contribution in [0.25, 0.3) is 5.57 Å². The number of rotatable bonds is 3. The molecule has 1 aromatic carbocycles. The number of allylic oxidation sites excluding steroid dienone is 1. The Morgan fingerprint density at radius 1 is 1.10 bits per heavy atom. The van der Waals surface area contributed by atoms with Crippen LogP contribution in [0.1, 0.15) is 53.0 Å². The molecule has 0 N–H and O–H groups in total. The standard InChI is InChI=1S/C21H27BF3NO3/c1-13(27)26-10-8-14(9-11-26)18(16-7-6-15(23)12-17(16)24)19(25)22-28-20(2,3)21(4,5)29-22/h6-7,12,14H,8-11H2,1-5H3. The van der Waals surface area contributed by atoms with Gasteiger partial charge in [-0.1, -0.05) is 0 Å². The first-order valence-electron chi connectivity index (χ1n) is 9.89. The van der Waals surface area contributed by atoms with Crippen molar-refractivity contribution in [1.82, 2.24) is 4.90 Å². The zero-order chi connectivity index (χ0) is 21.6. The van der Waals surface area contributed by atoms with E-state index in [1.165, 1.54) is 13.0 Å². The summed E-state index contributed by atoms with van der Waals surface area (Å²) < 4.78 is 55.5. The topological polar surface area (TPSA) is 38.8 Å². The van der Waals surface area contributed by atoms with Crippen LogP contribution in [0, 0.1) is 17.6 Å². The molecule has 0 saturated carbocycles. The number of carbonyl (C=O) groups excluding carboxylic acids is 1. The van der Waals surface area contributed by atoms with Gasteiger partial charge in [0.1, 0.15) is 17.4 Å². The van der Waals surface area contributed by atoms with Gasteiger partial charge < -0.3 is 14.2 Å². The van der Waals surface area contributed by atoms with Gasteiger partial charge in [-0.3, -0.25) is 4.79 Å². The molecular weight excluding hydrogens is 382 g/mol. The number of hydrogen-bond donors (Lipinski definition) is 0. The molecular formula is C21H27BF3NO3. The van der Waals surface area contributed by atoms with Crippen molar-refractivity contribution in [3.8, 4) is 0 Å². The Morgan fingerprint density at radius 2 is 1.66 bits per heavy atom. The summed E-state index contributed by atoms with van der Waals surface area (Å²) in [7, 11) is -1.27. The molecule has 8 heteroatoms. The van der Waals surface area contributed by atoms with Crippen molar-refractivity contribution >= 4 is 18.6 Å². The minimum Gasteiger partial charge on any atom is -0.398 e. The van der Waals surface area contributed by atoms with Crippen LogP contribution in [0.5, 0.6) is 0 Å². The van der Waals surface area contributed by atoms with E-state index in [2.05, 4.69) is 0 Å². The number of nitrogens with zero attached hydrogens (tertiary/aromatic N) is 1. The number of halogens is 3. The second-order valence-electron chi connectivity index (χ2n) is 8.75. The number of carbonyl (C=O) groups is 1. The van der Waals surface area contributed by atoms with Gasteiger partial charge in [0.15, 0.2) is 0 Å². The van der Waals surface area contributed by atoms with Gasteiger partial charge in [-0.2, -0.15) is 0 Å². The fourth-order valence-corrected chi connectivity index (χ4v) is 3.81. The molecule has 0 bridgehead atoms. The number of benzene rings is 1. The summed E-state index contributed by atoms with van der Waals surface area (Å²) in [6.45, 7) is 9.62. The molecule has 3 rings (SSSR count). The van der Waals surface area contributed by atoms with Crippen molar-refractivity contribution in [1.29, 1.82) is 0 Å². The number of likely N-dealkylation sites (tertiary alicyclic amines) is 1. The van der Waals surface area contributed by atoms with Crippen molar-refractivity contribution in [2.24, 2.45) is 5.92 Å². The van der Waals surface area contributed by atoms with Gasteiger partial charge in [0.25, 0.3) is 0 Å². The lowest BCUT2D eigenvalue weighted by atomic mass is 9.75. The normalized spacial score (nSPS) is 22.6. The lowest BCUT2D eigenvalue weighted by molar-refractivity contribution is -0.129. The second kappa shape index (κ2) is 7.80. The maximum Gasteiger partial charge on any atom is 0.525 e. The largest absolute Gasteiger partial charge is 0.525 e. The molecule has 2 heterocycles. The highest BCUT2D eigenvalue weighted by atomic mass is 19.1. The van der Waals surface area contributed by atoms with Crippen LogP contribution >= 0.6 is 0 Å². The van der Waals surface area contributed by atoms with Crippen LogP contribution in [0.15, 0.2) is 23.9 Å². The Kier molecular flexibility index (Phi) is 5.89. The third kappa shape index (κ3) is 4.24. The van der Waals surface area contributed by atoms with Crippen LogP contribution < -0.4 is 0 Å². The van der Waals surface area contributed by atoms with Gasteiger partial charge in [0.2, 0.25) is 5.91 Å². The number of piperidine rings is 1. The van der Waals surface area contributed by atoms with E-state index in [-0.39, 0.29) is 23.0 Å². The molecule has 0 aromatic heterocycles. The smallest absolute Gasteiger partial charge is 0.398 e. The molecule has 0 aliphatic carbocycles. The second-order valence-corrected chi connectivity index (χ2v) is 8.75. The van der Waals surface area contributed by atoms with Crippen LogP contribution in [0.3, 0.4) is 0 Å². The first-order valence-corrected chi connectivity index (χ1v) is 9.89. The van der Waals surface area contributed by atoms with E-state index in [0.717, 1.165) is 12.1 Å². The summed E-state index contributed by atoms with van der Waals surface area (Å²) in [5.41, 5.74) is -2.07.